The minimum atomic E-state index is -1.15. The van der Waals surface area contributed by atoms with Gasteiger partial charge in [0.2, 0.25) is 0 Å². The maximum atomic E-state index is 13.1. The Kier molecular flexibility index (Phi) is 5.39. The summed E-state index contributed by atoms with van der Waals surface area (Å²) in [4.78, 5) is 26.7. The topological polar surface area (TPSA) is 78.9 Å². The van der Waals surface area contributed by atoms with E-state index in [1.54, 1.807) is 55.6 Å². The molecule has 1 aliphatic heterocycles. The Morgan fingerprint density at radius 2 is 1.78 bits per heavy atom. The smallest absolute Gasteiger partial charge is 0.325 e. The van der Waals surface area contributed by atoms with Gasteiger partial charge in [0.05, 0.1) is 19.8 Å². The van der Waals surface area contributed by atoms with Gasteiger partial charge in [-0.15, -0.1) is 0 Å². The highest BCUT2D eigenvalue weighted by Crippen LogP contribution is 2.34. The van der Waals surface area contributed by atoms with Crippen LogP contribution in [0.1, 0.15) is 30.6 Å². The van der Waals surface area contributed by atoms with E-state index < -0.39 is 17.7 Å². The van der Waals surface area contributed by atoms with Crippen molar-refractivity contribution in [2.75, 3.05) is 13.7 Å². The van der Waals surface area contributed by atoms with Gasteiger partial charge < -0.3 is 15.2 Å². The first-order valence-corrected chi connectivity index (χ1v) is 9.01. The normalized spacial score (nSPS) is 20.5. The number of rotatable bonds is 6. The van der Waals surface area contributed by atoms with Crippen LogP contribution in [0.5, 0.6) is 5.75 Å². The number of benzene rings is 2. The van der Waals surface area contributed by atoms with Crippen molar-refractivity contribution >= 4 is 23.5 Å². The van der Waals surface area contributed by atoms with E-state index in [0.29, 0.717) is 28.3 Å². The molecular weight excluding hydrogens is 368 g/mol. The second-order valence-electron chi connectivity index (χ2n) is 6.40. The zero-order valence-corrected chi connectivity index (χ0v) is 15.9. The largest absolute Gasteiger partial charge is 0.497 e. The summed E-state index contributed by atoms with van der Waals surface area (Å²) in [5.74, 6) is 0.282. The molecule has 0 spiro atoms. The van der Waals surface area contributed by atoms with Gasteiger partial charge in [-0.2, -0.15) is 0 Å². The van der Waals surface area contributed by atoms with Crippen molar-refractivity contribution in [3.8, 4) is 5.75 Å². The Bertz CT molecular complexity index is 838. The lowest BCUT2D eigenvalue weighted by Gasteiger charge is -2.26. The minimum absolute atomic E-state index is 0.135. The van der Waals surface area contributed by atoms with E-state index >= 15 is 0 Å². The second-order valence-corrected chi connectivity index (χ2v) is 6.84. The third-order valence-corrected chi connectivity index (χ3v) is 5.15. The van der Waals surface area contributed by atoms with Gasteiger partial charge in [0.25, 0.3) is 5.91 Å². The predicted octanol–water partition coefficient (Wildman–Crippen LogP) is 3.24. The molecule has 0 radical (unpaired) electrons. The Morgan fingerprint density at radius 3 is 2.33 bits per heavy atom. The number of ether oxygens (including phenoxy) is 1. The van der Waals surface area contributed by atoms with Crippen molar-refractivity contribution in [3.63, 3.8) is 0 Å². The molecule has 0 aliphatic carbocycles. The summed E-state index contributed by atoms with van der Waals surface area (Å²) in [6.07, 6.45) is -0.613. The first-order chi connectivity index (χ1) is 12.9. The zero-order valence-electron chi connectivity index (χ0n) is 15.1. The summed E-state index contributed by atoms with van der Waals surface area (Å²) >= 11 is 5.86. The van der Waals surface area contributed by atoms with Crippen LogP contribution in [-0.2, 0) is 10.3 Å². The predicted molar refractivity (Wildman–Crippen MR) is 102 cm³/mol. The molecule has 0 aromatic heterocycles. The molecule has 2 N–H and O–H groups in total. The molecule has 1 aliphatic rings. The van der Waals surface area contributed by atoms with Gasteiger partial charge in [-0.25, -0.2) is 4.79 Å². The van der Waals surface area contributed by atoms with Crippen molar-refractivity contribution in [2.45, 2.75) is 25.0 Å². The monoisotopic (exact) mass is 388 g/mol. The van der Waals surface area contributed by atoms with E-state index in [9.17, 15) is 14.7 Å². The Labute approximate surface area is 162 Å². The maximum Gasteiger partial charge on any atom is 0.325 e. The number of methoxy groups -OCH3 is 1. The van der Waals surface area contributed by atoms with E-state index in [2.05, 4.69) is 5.32 Å². The number of carbonyl (C=O) groups excluding carboxylic acids is 2. The summed E-state index contributed by atoms with van der Waals surface area (Å²) in [7, 11) is 1.56. The van der Waals surface area contributed by atoms with Gasteiger partial charge in [-0.3, -0.25) is 9.69 Å². The first-order valence-electron chi connectivity index (χ1n) is 8.63. The van der Waals surface area contributed by atoms with Crippen LogP contribution in [-0.4, -0.2) is 35.6 Å². The van der Waals surface area contributed by atoms with Crippen LogP contribution in [0.2, 0.25) is 5.02 Å². The molecule has 2 aromatic carbocycles. The molecule has 0 saturated carbocycles. The molecule has 2 atom stereocenters. The van der Waals surface area contributed by atoms with Gasteiger partial charge in [-0.05, 0) is 41.8 Å². The maximum absolute atomic E-state index is 13.1. The van der Waals surface area contributed by atoms with Crippen LogP contribution in [0.15, 0.2) is 48.5 Å². The highest BCUT2D eigenvalue weighted by molar-refractivity contribution is 6.30. The molecule has 2 unspecified atom stereocenters. The summed E-state index contributed by atoms with van der Waals surface area (Å²) < 4.78 is 5.15. The van der Waals surface area contributed by atoms with E-state index in [-0.39, 0.29) is 12.5 Å². The second kappa shape index (κ2) is 7.58. The molecule has 2 aromatic rings. The number of urea groups is 1. The highest BCUT2D eigenvalue weighted by atomic mass is 35.5. The zero-order chi connectivity index (χ0) is 19.6. The lowest BCUT2D eigenvalue weighted by molar-refractivity contribution is -0.132. The number of halogens is 1. The summed E-state index contributed by atoms with van der Waals surface area (Å²) in [5.41, 5.74) is 0.106. The van der Waals surface area contributed by atoms with E-state index in [4.69, 9.17) is 16.3 Å². The number of β-amino-alcohol motifs (C(OH)–C–C–N with tert-alkyl or cyclic N) is 1. The third-order valence-electron chi connectivity index (χ3n) is 4.90. The quantitative estimate of drug-likeness (QED) is 0.744. The Hall–Kier alpha value is -2.57. The molecule has 1 saturated heterocycles. The average molecular weight is 389 g/mol. The molecule has 3 rings (SSSR count). The van der Waals surface area contributed by atoms with E-state index in [1.807, 2.05) is 6.92 Å². The number of nitrogens with one attached hydrogen (secondary N) is 1. The number of nitrogens with zero attached hydrogens (tertiary/aromatic N) is 1. The Balaban J connectivity index is 1.84. The molecule has 6 nitrogen and oxygen atoms in total. The molecule has 7 heteroatoms. The molecule has 3 amide bonds. The van der Waals surface area contributed by atoms with Crippen molar-refractivity contribution in [1.82, 2.24) is 10.2 Å². The number of aliphatic hydroxyl groups is 1. The fourth-order valence-corrected chi connectivity index (χ4v) is 3.40. The van der Waals surface area contributed by atoms with Gasteiger partial charge in [0, 0.05) is 5.02 Å². The van der Waals surface area contributed by atoms with Crippen LogP contribution in [0.4, 0.5) is 4.79 Å². The standard InChI is InChI=1S/C20H21ClN2O4/c1-3-20(14-6-10-16(27-2)11-7-14)18(25)23(19(26)22-20)12-17(24)13-4-8-15(21)9-5-13/h4-11,17,24H,3,12H2,1-2H3,(H,22,26). The van der Waals surface area contributed by atoms with Crippen LogP contribution in [0.3, 0.4) is 0 Å². The van der Waals surface area contributed by atoms with Crippen LogP contribution in [0, 0.1) is 0 Å². The first kappa shape index (κ1) is 19.2. The molecule has 0 bridgehead atoms. The van der Waals surface area contributed by atoms with Crippen LogP contribution in [0.25, 0.3) is 0 Å². The minimum Gasteiger partial charge on any atom is -0.497 e. The average Bonchev–Trinajstić information content (AvgIpc) is 2.93. The molecule has 27 heavy (non-hydrogen) atoms. The van der Waals surface area contributed by atoms with Crippen LogP contribution < -0.4 is 10.1 Å². The van der Waals surface area contributed by atoms with E-state index in [0.717, 1.165) is 4.90 Å². The van der Waals surface area contributed by atoms with Crippen molar-refractivity contribution in [1.29, 1.82) is 0 Å². The lowest BCUT2D eigenvalue weighted by Crippen LogP contribution is -2.43. The number of hydrogen-bond donors (Lipinski definition) is 2. The number of amides is 3. The summed E-state index contributed by atoms with van der Waals surface area (Å²) in [6.45, 7) is 1.70. The van der Waals surface area contributed by atoms with Crippen LogP contribution >= 0.6 is 11.6 Å². The Morgan fingerprint density at radius 1 is 1.15 bits per heavy atom. The number of hydrogen-bond acceptors (Lipinski definition) is 4. The number of imide groups is 1. The third kappa shape index (κ3) is 3.50. The van der Waals surface area contributed by atoms with E-state index in [1.165, 1.54) is 0 Å². The molecule has 142 valence electrons. The molecule has 1 heterocycles. The van der Waals surface area contributed by atoms with Gasteiger partial charge >= 0.3 is 6.03 Å². The number of aliphatic hydroxyl groups excluding tert-OH is 1. The SMILES string of the molecule is CCC1(c2ccc(OC)cc2)NC(=O)N(CC(O)c2ccc(Cl)cc2)C1=O. The summed E-state index contributed by atoms with van der Waals surface area (Å²) in [6, 6.07) is 13.1. The molecular formula is C20H21ClN2O4. The van der Waals surface area contributed by atoms with Crippen molar-refractivity contribution in [3.05, 3.63) is 64.7 Å². The van der Waals surface area contributed by atoms with Crippen molar-refractivity contribution < 1.29 is 19.4 Å². The van der Waals surface area contributed by atoms with Crippen molar-refractivity contribution in [2.24, 2.45) is 0 Å². The fraction of sp³-hybridized carbons (Fsp3) is 0.300. The summed E-state index contributed by atoms with van der Waals surface area (Å²) in [5, 5.41) is 13.8. The van der Waals surface area contributed by atoms with Gasteiger partial charge in [0.1, 0.15) is 11.3 Å². The highest BCUT2D eigenvalue weighted by Gasteiger charge is 2.51. The van der Waals surface area contributed by atoms with Gasteiger partial charge in [-0.1, -0.05) is 42.8 Å². The van der Waals surface area contributed by atoms with Gasteiger partial charge in [0.15, 0.2) is 0 Å². The number of carbonyl (C=O) groups is 2. The molecule has 1 fully saturated rings. The fourth-order valence-electron chi connectivity index (χ4n) is 3.27. The lowest BCUT2D eigenvalue weighted by atomic mass is 9.87.